The van der Waals surface area contributed by atoms with E-state index < -0.39 is 0 Å². The summed E-state index contributed by atoms with van der Waals surface area (Å²) in [6.07, 6.45) is 1.71. The number of fused-ring (bicyclic) bond motifs is 3. The van der Waals surface area contributed by atoms with Gasteiger partial charge in [0.05, 0.1) is 52.4 Å². The third kappa shape index (κ3) is 4.06. The van der Waals surface area contributed by atoms with Crippen molar-refractivity contribution in [3.8, 4) is 29.1 Å². The standard InChI is InChI=1S/C25H29N3O4/c1-29-20-5-6-22(30-2)18(11-20)7-9-27-15-19(14-26)25-21-13-24(32-4)23(31-3)12-17(21)8-10-28(25)16-27/h5-6,11-13H,7-10,15-16H2,1-4H3. The molecule has 0 spiro atoms. The summed E-state index contributed by atoms with van der Waals surface area (Å²) >= 11 is 0. The van der Waals surface area contributed by atoms with Gasteiger partial charge in [0.2, 0.25) is 0 Å². The van der Waals surface area contributed by atoms with Gasteiger partial charge in [0.15, 0.2) is 11.5 Å². The van der Waals surface area contributed by atoms with Gasteiger partial charge in [0.25, 0.3) is 0 Å². The van der Waals surface area contributed by atoms with Crippen molar-refractivity contribution in [2.75, 3.05) is 54.7 Å². The Morgan fingerprint density at radius 2 is 1.69 bits per heavy atom. The molecule has 0 amide bonds. The maximum atomic E-state index is 9.98. The molecule has 0 fully saturated rings. The summed E-state index contributed by atoms with van der Waals surface area (Å²) < 4.78 is 21.9. The number of nitriles is 1. The summed E-state index contributed by atoms with van der Waals surface area (Å²) in [7, 11) is 6.64. The van der Waals surface area contributed by atoms with Crippen molar-refractivity contribution in [3.63, 3.8) is 0 Å². The summed E-state index contributed by atoms with van der Waals surface area (Å²) in [5, 5.41) is 9.98. The average molecular weight is 436 g/mol. The van der Waals surface area contributed by atoms with Gasteiger partial charge < -0.3 is 23.8 Å². The predicted molar refractivity (Wildman–Crippen MR) is 122 cm³/mol. The zero-order valence-electron chi connectivity index (χ0n) is 19.1. The Hall–Kier alpha value is -3.37. The van der Waals surface area contributed by atoms with Crippen molar-refractivity contribution in [1.29, 1.82) is 5.26 Å². The lowest BCUT2D eigenvalue weighted by Gasteiger charge is -2.42. The Kier molecular flexibility index (Phi) is 6.42. The summed E-state index contributed by atoms with van der Waals surface area (Å²) in [6.45, 7) is 3.07. The molecule has 0 aliphatic carbocycles. The lowest BCUT2D eigenvalue weighted by molar-refractivity contribution is 0.175. The van der Waals surface area contributed by atoms with E-state index in [1.807, 2.05) is 30.3 Å². The molecule has 7 nitrogen and oxygen atoms in total. The highest BCUT2D eigenvalue weighted by atomic mass is 16.5. The summed E-state index contributed by atoms with van der Waals surface area (Å²) in [6, 6.07) is 12.4. The van der Waals surface area contributed by atoms with Crippen LogP contribution in [0.2, 0.25) is 0 Å². The molecule has 2 aliphatic heterocycles. The molecule has 2 heterocycles. The normalized spacial score (nSPS) is 15.5. The lowest BCUT2D eigenvalue weighted by atomic mass is 9.92. The summed E-state index contributed by atoms with van der Waals surface area (Å²) in [4.78, 5) is 4.62. The Labute approximate surface area is 189 Å². The molecule has 2 aromatic rings. The van der Waals surface area contributed by atoms with Gasteiger partial charge in [-0.05, 0) is 54.3 Å². The minimum absolute atomic E-state index is 0.613. The second kappa shape index (κ2) is 9.41. The molecule has 0 unspecified atom stereocenters. The minimum Gasteiger partial charge on any atom is -0.497 e. The van der Waals surface area contributed by atoms with Crippen LogP contribution in [-0.2, 0) is 12.8 Å². The highest BCUT2D eigenvalue weighted by molar-refractivity contribution is 5.77. The molecule has 0 N–H and O–H groups in total. The Balaban J connectivity index is 1.59. The van der Waals surface area contributed by atoms with Crippen LogP contribution in [0.3, 0.4) is 0 Å². The fraction of sp³-hybridized carbons (Fsp3) is 0.400. The second-order valence-corrected chi connectivity index (χ2v) is 7.94. The van der Waals surface area contributed by atoms with Crippen molar-refractivity contribution in [1.82, 2.24) is 9.80 Å². The van der Waals surface area contributed by atoms with Crippen LogP contribution in [0, 0.1) is 11.3 Å². The lowest BCUT2D eigenvalue weighted by Crippen LogP contribution is -2.46. The van der Waals surface area contributed by atoms with E-state index in [2.05, 4.69) is 15.9 Å². The zero-order chi connectivity index (χ0) is 22.7. The molecule has 0 saturated heterocycles. The van der Waals surface area contributed by atoms with Gasteiger partial charge >= 0.3 is 0 Å². The number of benzene rings is 2. The van der Waals surface area contributed by atoms with E-state index in [9.17, 15) is 5.26 Å². The van der Waals surface area contributed by atoms with Crippen molar-refractivity contribution >= 4 is 5.70 Å². The van der Waals surface area contributed by atoms with E-state index in [1.165, 1.54) is 5.56 Å². The third-order valence-electron chi connectivity index (χ3n) is 6.19. The molecule has 0 saturated carbocycles. The van der Waals surface area contributed by atoms with Gasteiger partial charge in [0.1, 0.15) is 11.5 Å². The Bertz CT molecular complexity index is 1070. The molecular formula is C25H29N3O4. The average Bonchev–Trinajstić information content (AvgIpc) is 2.85. The number of ether oxygens (including phenoxy) is 4. The first-order chi connectivity index (χ1) is 15.6. The zero-order valence-corrected chi connectivity index (χ0v) is 19.1. The van der Waals surface area contributed by atoms with E-state index in [-0.39, 0.29) is 0 Å². The fourth-order valence-electron chi connectivity index (χ4n) is 4.56. The molecule has 4 rings (SSSR count). The predicted octanol–water partition coefficient (Wildman–Crippen LogP) is 3.33. The molecule has 2 aliphatic rings. The van der Waals surface area contributed by atoms with E-state index in [0.717, 1.165) is 72.2 Å². The molecule has 0 bridgehead atoms. The van der Waals surface area contributed by atoms with Gasteiger partial charge in [-0.2, -0.15) is 5.26 Å². The third-order valence-corrected chi connectivity index (χ3v) is 6.19. The first-order valence-electron chi connectivity index (χ1n) is 10.7. The number of rotatable bonds is 7. The Morgan fingerprint density at radius 1 is 0.938 bits per heavy atom. The minimum atomic E-state index is 0.613. The molecular weight excluding hydrogens is 406 g/mol. The van der Waals surface area contributed by atoms with Gasteiger partial charge in [-0.1, -0.05) is 0 Å². The first-order valence-corrected chi connectivity index (χ1v) is 10.7. The van der Waals surface area contributed by atoms with Crippen LogP contribution in [0.5, 0.6) is 23.0 Å². The maximum absolute atomic E-state index is 9.98. The first kappa shape index (κ1) is 21.8. The number of methoxy groups -OCH3 is 4. The maximum Gasteiger partial charge on any atom is 0.161 e. The second-order valence-electron chi connectivity index (χ2n) is 7.94. The van der Waals surface area contributed by atoms with Gasteiger partial charge in [-0.3, -0.25) is 4.90 Å². The van der Waals surface area contributed by atoms with Crippen LogP contribution >= 0.6 is 0 Å². The number of nitrogens with zero attached hydrogens (tertiary/aromatic N) is 3. The van der Waals surface area contributed by atoms with Crippen LogP contribution < -0.4 is 18.9 Å². The van der Waals surface area contributed by atoms with Crippen molar-refractivity contribution in [3.05, 3.63) is 52.6 Å². The molecule has 2 aromatic carbocycles. The topological polar surface area (TPSA) is 67.2 Å². The van der Waals surface area contributed by atoms with Crippen molar-refractivity contribution in [2.45, 2.75) is 12.8 Å². The number of hydrogen-bond donors (Lipinski definition) is 0. The highest BCUT2D eigenvalue weighted by Crippen LogP contribution is 2.40. The van der Waals surface area contributed by atoms with E-state index >= 15 is 0 Å². The SMILES string of the molecule is COc1ccc(OC)c(CCN2CC(C#N)=C3c4cc(OC)c(OC)cc4CCN3C2)c1. The smallest absolute Gasteiger partial charge is 0.161 e. The Morgan fingerprint density at radius 3 is 2.38 bits per heavy atom. The van der Waals surface area contributed by atoms with Gasteiger partial charge in [0, 0.05) is 25.2 Å². The monoisotopic (exact) mass is 435 g/mol. The van der Waals surface area contributed by atoms with Gasteiger partial charge in [-0.25, -0.2) is 0 Å². The van der Waals surface area contributed by atoms with Crippen molar-refractivity contribution in [2.24, 2.45) is 0 Å². The molecule has 0 radical (unpaired) electrons. The van der Waals surface area contributed by atoms with Crippen molar-refractivity contribution < 1.29 is 18.9 Å². The largest absolute Gasteiger partial charge is 0.497 e. The van der Waals surface area contributed by atoms with Crippen LogP contribution in [0.4, 0.5) is 0 Å². The van der Waals surface area contributed by atoms with Crippen LogP contribution in [0.25, 0.3) is 5.70 Å². The van der Waals surface area contributed by atoms with E-state index in [4.69, 9.17) is 18.9 Å². The quantitative estimate of drug-likeness (QED) is 0.661. The number of hydrogen-bond acceptors (Lipinski definition) is 7. The molecule has 0 atom stereocenters. The fourth-order valence-corrected chi connectivity index (χ4v) is 4.56. The molecule has 168 valence electrons. The molecule has 32 heavy (non-hydrogen) atoms. The molecule has 7 heteroatoms. The van der Waals surface area contributed by atoms with Crippen LogP contribution in [-0.4, -0.2) is 64.5 Å². The van der Waals surface area contributed by atoms with Gasteiger partial charge in [-0.15, -0.1) is 0 Å². The van der Waals surface area contributed by atoms with E-state index in [1.54, 1.807) is 28.4 Å². The highest BCUT2D eigenvalue weighted by Gasteiger charge is 2.31. The van der Waals surface area contributed by atoms with Crippen LogP contribution in [0.15, 0.2) is 35.9 Å². The summed E-state index contributed by atoms with van der Waals surface area (Å²) in [5.74, 6) is 3.08. The van der Waals surface area contributed by atoms with E-state index in [0.29, 0.717) is 12.3 Å². The molecule has 0 aromatic heterocycles. The summed E-state index contributed by atoms with van der Waals surface area (Å²) in [5.41, 5.74) is 5.16. The van der Waals surface area contributed by atoms with Crippen LogP contribution in [0.1, 0.15) is 16.7 Å².